The number of methoxy groups -OCH3 is 1. The molecule has 1 aliphatic heterocycles. The van der Waals surface area contributed by atoms with Gasteiger partial charge in [0.2, 0.25) is 0 Å². The molecule has 2 N–H and O–H groups in total. The third kappa shape index (κ3) is 2.48. The predicted octanol–water partition coefficient (Wildman–Crippen LogP) is 1.36. The molecule has 0 radical (unpaired) electrons. The highest BCUT2D eigenvalue weighted by Crippen LogP contribution is 2.24. The van der Waals surface area contributed by atoms with E-state index in [2.05, 4.69) is 0 Å². The van der Waals surface area contributed by atoms with E-state index in [-0.39, 0.29) is 17.8 Å². The molecule has 5 nitrogen and oxygen atoms in total. The quantitative estimate of drug-likeness (QED) is 0.822. The number of anilines is 1. The second-order valence-corrected chi connectivity index (χ2v) is 5.23. The molecule has 2 rings (SSSR count). The summed E-state index contributed by atoms with van der Waals surface area (Å²) in [7, 11) is 1.38. The van der Waals surface area contributed by atoms with Crippen LogP contribution in [0.3, 0.4) is 0 Å². The molecule has 0 bridgehead atoms. The van der Waals surface area contributed by atoms with E-state index in [1.165, 1.54) is 18.4 Å². The first-order valence-corrected chi connectivity index (χ1v) is 6.71. The monoisotopic (exact) mass is 268 g/mol. The van der Waals surface area contributed by atoms with E-state index in [4.69, 9.17) is 10.5 Å². The molecule has 1 aliphatic rings. The number of ether oxygens (including phenoxy) is 1. The van der Waals surface area contributed by atoms with Crippen LogP contribution in [0.5, 0.6) is 0 Å². The van der Waals surface area contributed by atoms with E-state index in [0.717, 1.165) is 12.8 Å². The number of hydrogen-bond donors (Lipinski definition) is 1. The number of thiophene rings is 1. The highest BCUT2D eigenvalue weighted by molar-refractivity contribution is 7.12. The Balaban J connectivity index is 2.07. The zero-order chi connectivity index (χ0) is 13.1. The van der Waals surface area contributed by atoms with Gasteiger partial charge in [0, 0.05) is 13.1 Å². The van der Waals surface area contributed by atoms with Gasteiger partial charge >= 0.3 is 5.97 Å². The number of piperidine rings is 1. The summed E-state index contributed by atoms with van der Waals surface area (Å²) in [6.45, 7) is 1.09. The summed E-state index contributed by atoms with van der Waals surface area (Å²) in [5.74, 6) is -0.545. The van der Waals surface area contributed by atoms with Gasteiger partial charge in [-0.15, -0.1) is 11.3 Å². The molecule has 1 atom stereocenters. The number of esters is 1. The van der Waals surface area contributed by atoms with Gasteiger partial charge in [0.25, 0.3) is 5.91 Å². The summed E-state index contributed by atoms with van der Waals surface area (Å²) in [6.07, 6.45) is 1.59. The van der Waals surface area contributed by atoms with Crippen molar-refractivity contribution in [3.63, 3.8) is 0 Å². The first kappa shape index (κ1) is 12.9. The van der Waals surface area contributed by atoms with E-state index < -0.39 is 0 Å². The Morgan fingerprint density at radius 2 is 2.33 bits per heavy atom. The van der Waals surface area contributed by atoms with Gasteiger partial charge in [-0.05, 0) is 24.3 Å². The van der Waals surface area contributed by atoms with Gasteiger partial charge in [-0.1, -0.05) is 0 Å². The van der Waals surface area contributed by atoms with Crippen LogP contribution < -0.4 is 5.73 Å². The SMILES string of the molecule is COC(=O)C1CCCN(C(=O)c2sccc2N)C1. The zero-order valence-electron chi connectivity index (χ0n) is 10.2. The van der Waals surface area contributed by atoms with Crippen molar-refractivity contribution in [2.24, 2.45) is 5.92 Å². The average Bonchev–Trinajstić information content (AvgIpc) is 2.83. The Labute approximate surface area is 110 Å². The number of nitrogens with two attached hydrogens (primary N) is 1. The molecule has 1 aromatic heterocycles. The minimum absolute atomic E-state index is 0.0869. The second-order valence-electron chi connectivity index (χ2n) is 4.32. The fourth-order valence-corrected chi connectivity index (χ4v) is 2.94. The summed E-state index contributed by atoms with van der Waals surface area (Å²) < 4.78 is 4.73. The van der Waals surface area contributed by atoms with Crippen LogP contribution in [-0.2, 0) is 9.53 Å². The maximum absolute atomic E-state index is 12.2. The number of carbonyl (C=O) groups is 2. The third-order valence-electron chi connectivity index (χ3n) is 3.13. The third-order valence-corrected chi connectivity index (χ3v) is 4.05. The van der Waals surface area contributed by atoms with Crippen LogP contribution in [0.15, 0.2) is 11.4 Å². The van der Waals surface area contributed by atoms with Crippen molar-refractivity contribution in [2.45, 2.75) is 12.8 Å². The Bertz CT molecular complexity index is 458. The van der Waals surface area contributed by atoms with Crippen molar-refractivity contribution in [3.8, 4) is 0 Å². The number of nitrogen functional groups attached to an aromatic ring is 1. The maximum Gasteiger partial charge on any atom is 0.310 e. The number of nitrogens with zero attached hydrogens (tertiary/aromatic N) is 1. The molecule has 98 valence electrons. The Morgan fingerprint density at radius 3 is 2.94 bits per heavy atom. The summed E-state index contributed by atoms with van der Waals surface area (Å²) in [4.78, 5) is 26.0. The second kappa shape index (κ2) is 5.39. The van der Waals surface area contributed by atoms with Crippen LogP contribution in [0, 0.1) is 5.92 Å². The van der Waals surface area contributed by atoms with Crippen LogP contribution in [-0.4, -0.2) is 37.0 Å². The lowest BCUT2D eigenvalue weighted by molar-refractivity contribution is -0.146. The van der Waals surface area contributed by atoms with E-state index in [0.29, 0.717) is 23.7 Å². The van der Waals surface area contributed by atoms with Gasteiger partial charge in [-0.25, -0.2) is 0 Å². The van der Waals surface area contributed by atoms with Crippen molar-refractivity contribution >= 4 is 28.9 Å². The molecule has 2 heterocycles. The lowest BCUT2D eigenvalue weighted by Crippen LogP contribution is -2.42. The average molecular weight is 268 g/mol. The molecule has 1 aromatic rings. The smallest absolute Gasteiger partial charge is 0.310 e. The van der Waals surface area contributed by atoms with E-state index >= 15 is 0 Å². The number of rotatable bonds is 2. The summed E-state index contributed by atoms with van der Waals surface area (Å²) >= 11 is 1.33. The Morgan fingerprint density at radius 1 is 1.56 bits per heavy atom. The summed E-state index contributed by atoms with van der Waals surface area (Å²) in [5, 5.41) is 1.80. The lowest BCUT2D eigenvalue weighted by atomic mass is 9.98. The fourth-order valence-electron chi connectivity index (χ4n) is 2.16. The van der Waals surface area contributed by atoms with Gasteiger partial charge < -0.3 is 15.4 Å². The molecular weight excluding hydrogens is 252 g/mol. The van der Waals surface area contributed by atoms with Crippen LogP contribution in [0.4, 0.5) is 5.69 Å². The number of amides is 1. The van der Waals surface area contributed by atoms with Gasteiger partial charge in [0.05, 0.1) is 18.7 Å². The van der Waals surface area contributed by atoms with Crippen LogP contribution >= 0.6 is 11.3 Å². The first-order chi connectivity index (χ1) is 8.63. The summed E-state index contributed by atoms with van der Waals surface area (Å²) in [5.41, 5.74) is 6.24. The van der Waals surface area contributed by atoms with Crippen molar-refractivity contribution in [2.75, 3.05) is 25.9 Å². The first-order valence-electron chi connectivity index (χ1n) is 5.83. The molecular formula is C12H16N2O3S. The van der Waals surface area contributed by atoms with Gasteiger partial charge in [-0.2, -0.15) is 0 Å². The number of hydrogen-bond acceptors (Lipinski definition) is 5. The minimum atomic E-state index is -0.244. The van der Waals surface area contributed by atoms with Crippen LogP contribution in [0.2, 0.25) is 0 Å². The molecule has 0 aliphatic carbocycles. The van der Waals surface area contributed by atoms with Gasteiger partial charge in [0.1, 0.15) is 4.88 Å². The van der Waals surface area contributed by atoms with Crippen molar-refractivity contribution in [1.82, 2.24) is 4.90 Å². The van der Waals surface area contributed by atoms with Crippen molar-refractivity contribution < 1.29 is 14.3 Å². The topological polar surface area (TPSA) is 72.6 Å². The predicted molar refractivity (Wildman–Crippen MR) is 69.4 cm³/mol. The molecule has 0 spiro atoms. The largest absolute Gasteiger partial charge is 0.469 e. The molecule has 0 saturated carbocycles. The standard InChI is InChI=1S/C12H16N2O3S/c1-17-12(16)8-3-2-5-14(7-8)11(15)10-9(13)4-6-18-10/h4,6,8H,2-3,5,7,13H2,1H3. The fraction of sp³-hybridized carbons (Fsp3) is 0.500. The van der Waals surface area contributed by atoms with Crippen molar-refractivity contribution in [3.05, 3.63) is 16.3 Å². The van der Waals surface area contributed by atoms with E-state index in [1.54, 1.807) is 16.3 Å². The maximum atomic E-state index is 12.2. The normalized spacial score (nSPS) is 19.6. The Kier molecular flexibility index (Phi) is 3.86. The zero-order valence-corrected chi connectivity index (χ0v) is 11.0. The highest BCUT2D eigenvalue weighted by Gasteiger charge is 2.30. The molecule has 1 unspecified atom stereocenters. The molecule has 1 saturated heterocycles. The minimum Gasteiger partial charge on any atom is -0.469 e. The number of carbonyl (C=O) groups excluding carboxylic acids is 2. The molecule has 6 heteroatoms. The van der Waals surface area contributed by atoms with E-state index in [1.807, 2.05) is 0 Å². The summed E-state index contributed by atoms with van der Waals surface area (Å²) in [6, 6.07) is 1.72. The molecule has 1 fully saturated rings. The number of likely N-dealkylation sites (tertiary alicyclic amines) is 1. The molecule has 1 amide bonds. The van der Waals surface area contributed by atoms with Gasteiger partial charge in [0.15, 0.2) is 0 Å². The van der Waals surface area contributed by atoms with Crippen LogP contribution in [0.1, 0.15) is 22.5 Å². The van der Waals surface area contributed by atoms with Gasteiger partial charge in [-0.3, -0.25) is 9.59 Å². The van der Waals surface area contributed by atoms with E-state index in [9.17, 15) is 9.59 Å². The lowest BCUT2D eigenvalue weighted by Gasteiger charge is -2.31. The molecule has 0 aromatic carbocycles. The van der Waals surface area contributed by atoms with Crippen LogP contribution in [0.25, 0.3) is 0 Å². The van der Waals surface area contributed by atoms with Crippen molar-refractivity contribution in [1.29, 1.82) is 0 Å². The Hall–Kier alpha value is -1.56. The highest BCUT2D eigenvalue weighted by atomic mass is 32.1. The molecule has 18 heavy (non-hydrogen) atoms.